The molecule has 1 aromatic rings. The van der Waals surface area contributed by atoms with Gasteiger partial charge in [0.25, 0.3) is 5.91 Å². The Morgan fingerprint density at radius 1 is 1.38 bits per heavy atom. The maximum Gasteiger partial charge on any atom is 0.419 e. The van der Waals surface area contributed by atoms with Gasteiger partial charge in [0.15, 0.2) is 6.73 Å². The van der Waals surface area contributed by atoms with Crippen LogP contribution in [-0.2, 0) is 9.53 Å². The molecule has 67 valence electrons. The fourth-order valence-corrected chi connectivity index (χ4v) is 0.823. The van der Waals surface area contributed by atoms with Crippen molar-refractivity contribution in [3.63, 3.8) is 0 Å². The van der Waals surface area contributed by atoms with Crippen LogP contribution in [0.1, 0.15) is 10.4 Å². The number of hydrogen-bond donors (Lipinski definition) is 1. The topological polar surface area (TPSA) is 55.4 Å². The van der Waals surface area contributed by atoms with Crippen LogP contribution in [0.5, 0.6) is 0 Å². The highest BCUT2D eigenvalue weighted by atomic mass is 16.5. The van der Waals surface area contributed by atoms with Crippen LogP contribution >= 0.6 is 0 Å². The molecule has 0 spiro atoms. The Labute approximate surface area is 75.5 Å². The smallest absolute Gasteiger partial charge is 0.419 e. The van der Waals surface area contributed by atoms with E-state index in [4.69, 9.17) is 0 Å². The van der Waals surface area contributed by atoms with Crippen molar-refractivity contribution in [3.8, 4) is 0 Å². The fourth-order valence-electron chi connectivity index (χ4n) is 0.823. The van der Waals surface area contributed by atoms with E-state index in [2.05, 4.69) is 10.1 Å². The van der Waals surface area contributed by atoms with E-state index in [0.29, 0.717) is 5.56 Å². The Bertz CT molecular complexity index is 284. The van der Waals surface area contributed by atoms with Crippen LogP contribution in [0.3, 0.4) is 0 Å². The van der Waals surface area contributed by atoms with E-state index in [1.165, 1.54) is 6.47 Å². The van der Waals surface area contributed by atoms with Gasteiger partial charge >= 0.3 is 6.47 Å². The molecule has 0 unspecified atom stereocenters. The molecule has 1 rings (SSSR count). The zero-order chi connectivity index (χ0) is 9.52. The van der Waals surface area contributed by atoms with Gasteiger partial charge in [0.05, 0.1) is 0 Å². The van der Waals surface area contributed by atoms with Crippen molar-refractivity contribution in [2.75, 3.05) is 6.73 Å². The van der Waals surface area contributed by atoms with Gasteiger partial charge in [-0.3, -0.25) is 4.79 Å². The number of ether oxygens (including phenoxy) is 1. The minimum absolute atomic E-state index is 0.156. The first kappa shape index (κ1) is 9.25. The number of nitrogens with one attached hydrogen (secondary N) is 1. The zero-order valence-corrected chi connectivity index (χ0v) is 6.82. The molecular formula is C9H8NO3. The summed E-state index contributed by atoms with van der Waals surface area (Å²) >= 11 is 0. The Morgan fingerprint density at radius 2 is 2.08 bits per heavy atom. The Morgan fingerprint density at radius 3 is 2.69 bits per heavy atom. The zero-order valence-electron chi connectivity index (χ0n) is 6.82. The number of rotatable bonds is 4. The van der Waals surface area contributed by atoms with Crippen molar-refractivity contribution in [3.05, 3.63) is 35.9 Å². The Kier molecular flexibility index (Phi) is 3.50. The molecule has 1 amide bonds. The summed E-state index contributed by atoms with van der Waals surface area (Å²) in [4.78, 5) is 20.8. The third-order valence-electron chi connectivity index (χ3n) is 1.40. The van der Waals surface area contributed by atoms with Crippen LogP contribution in [0.4, 0.5) is 0 Å². The number of benzene rings is 1. The molecule has 0 fully saturated rings. The lowest BCUT2D eigenvalue weighted by Crippen LogP contribution is -2.25. The summed E-state index contributed by atoms with van der Waals surface area (Å²) in [5, 5.41) is 2.38. The largest absolute Gasteiger partial charge is 0.436 e. The van der Waals surface area contributed by atoms with Crippen molar-refractivity contribution in [1.82, 2.24) is 5.32 Å². The third-order valence-corrected chi connectivity index (χ3v) is 1.40. The van der Waals surface area contributed by atoms with Crippen LogP contribution < -0.4 is 5.32 Å². The van der Waals surface area contributed by atoms with Gasteiger partial charge in [0, 0.05) is 5.56 Å². The second-order valence-corrected chi connectivity index (χ2v) is 2.24. The van der Waals surface area contributed by atoms with E-state index in [-0.39, 0.29) is 12.6 Å². The van der Waals surface area contributed by atoms with Gasteiger partial charge in [-0.05, 0) is 12.1 Å². The molecule has 0 aliphatic carbocycles. The van der Waals surface area contributed by atoms with E-state index in [0.717, 1.165) is 0 Å². The van der Waals surface area contributed by atoms with Gasteiger partial charge in [-0.1, -0.05) is 18.2 Å². The first-order valence-corrected chi connectivity index (χ1v) is 3.67. The van der Waals surface area contributed by atoms with Crippen molar-refractivity contribution < 1.29 is 14.3 Å². The molecule has 0 aliphatic rings. The lowest BCUT2D eigenvalue weighted by Gasteiger charge is -2.01. The number of carbonyl (C=O) groups excluding carboxylic acids is 2. The maximum atomic E-state index is 11.2. The molecule has 1 radical (unpaired) electrons. The van der Waals surface area contributed by atoms with Gasteiger partial charge in [0.1, 0.15) is 0 Å². The van der Waals surface area contributed by atoms with E-state index >= 15 is 0 Å². The highest BCUT2D eigenvalue weighted by Crippen LogP contribution is 1.96. The molecule has 1 aromatic carbocycles. The lowest BCUT2D eigenvalue weighted by molar-refractivity contribution is 0.0913. The molecule has 0 aromatic heterocycles. The molecule has 0 saturated carbocycles. The summed E-state index contributed by atoms with van der Waals surface area (Å²) in [5.41, 5.74) is 0.525. The van der Waals surface area contributed by atoms with Gasteiger partial charge in [-0.25, -0.2) is 4.79 Å². The first-order chi connectivity index (χ1) is 6.34. The van der Waals surface area contributed by atoms with Crippen LogP contribution in [0.25, 0.3) is 0 Å². The molecule has 4 heteroatoms. The molecule has 0 bridgehead atoms. The molecule has 0 aliphatic heterocycles. The Hall–Kier alpha value is -1.84. The summed E-state index contributed by atoms with van der Waals surface area (Å²) < 4.78 is 4.19. The Balaban J connectivity index is 2.45. The minimum Gasteiger partial charge on any atom is -0.436 e. The standard InChI is InChI=1S/C9H8NO3/c11-7-13-6-10-9(12)8-4-2-1-3-5-8/h1-5H,6H2,(H,10,12). The first-order valence-electron chi connectivity index (χ1n) is 3.67. The van der Waals surface area contributed by atoms with Gasteiger partial charge < -0.3 is 10.1 Å². The fraction of sp³-hybridized carbons (Fsp3) is 0.111. The second-order valence-electron chi connectivity index (χ2n) is 2.24. The molecule has 1 N–H and O–H groups in total. The number of hydrogen-bond acceptors (Lipinski definition) is 3. The summed E-state index contributed by atoms with van der Waals surface area (Å²) in [7, 11) is 0. The van der Waals surface area contributed by atoms with Crippen molar-refractivity contribution >= 4 is 12.4 Å². The predicted molar refractivity (Wildman–Crippen MR) is 45.6 cm³/mol. The second kappa shape index (κ2) is 4.92. The van der Waals surface area contributed by atoms with Crippen LogP contribution in [0.15, 0.2) is 30.3 Å². The van der Waals surface area contributed by atoms with E-state index in [9.17, 15) is 9.59 Å². The minimum atomic E-state index is -0.282. The van der Waals surface area contributed by atoms with Gasteiger partial charge in [-0.15, -0.1) is 0 Å². The van der Waals surface area contributed by atoms with Gasteiger partial charge in [0.2, 0.25) is 0 Å². The number of amides is 1. The predicted octanol–water partition coefficient (Wildman–Crippen LogP) is 0.458. The summed E-state index contributed by atoms with van der Waals surface area (Å²) in [5.74, 6) is -0.282. The van der Waals surface area contributed by atoms with Crippen molar-refractivity contribution in [2.45, 2.75) is 0 Å². The van der Waals surface area contributed by atoms with E-state index in [1.807, 2.05) is 6.07 Å². The quantitative estimate of drug-likeness (QED) is 0.538. The summed E-state index contributed by atoms with van der Waals surface area (Å²) in [6.07, 6.45) is 0. The highest BCUT2D eigenvalue weighted by molar-refractivity contribution is 5.93. The molecule has 13 heavy (non-hydrogen) atoms. The molecule has 4 nitrogen and oxygen atoms in total. The average Bonchev–Trinajstić information content (AvgIpc) is 2.19. The molecule has 0 atom stereocenters. The number of carbonyl (C=O) groups is 1. The monoisotopic (exact) mass is 178 g/mol. The third kappa shape index (κ3) is 2.94. The van der Waals surface area contributed by atoms with E-state index < -0.39 is 0 Å². The van der Waals surface area contributed by atoms with Crippen molar-refractivity contribution in [2.24, 2.45) is 0 Å². The van der Waals surface area contributed by atoms with E-state index in [1.54, 1.807) is 24.3 Å². The van der Waals surface area contributed by atoms with Gasteiger partial charge in [-0.2, -0.15) is 0 Å². The van der Waals surface area contributed by atoms with Crippen LogP contribution in [0.2, 0.25) is 0 Å². The molecular weight excluding hydrogens is 170 g/mol. The molecule has 0 saturated heterocycles. The maximum absolute atomic E-state index is 11.2. The SMILES string of the molecule is O=[C]OCNC(=O)c1ccccc1. The lowest BCUT2D eigenvalue weighted by atomic mass is 10.2. The van der Waals surface area contributed by atoms with Crippen LogP contribution in [0, 0.1) is 0 Å². The van der Waals surface area contributed by atoms with Crippen molar-refractivity contribution in [1.29, 1.82) is 0 Å². The summed E-state index contributed by atoms with van der Waals surface area (Å²) in [6, 6.07) is 8.65. The highest BCUT2D eigenvalue weighted by Gasteiger charge is 2.01. The summed E-state index contributed by atoms with van der Waals surface area (Å²) in [6.45, 7) is 1.05. The average molecular weight is 178 g/mol. The normalized spacial score (nSPS) is 8.92. The van der Waals surface area contributed by atoms with Crippen LogP contribution in [-0.4, -0.2) is 19.1 Å². The molecule has 0 heterocycles.